The van der Waals surface area contributed by atoms with Gasteiger partial charge in [-0.2, -0.15) is 0 Å². The fourth-order valence-corrected chi connectivity index (χ4v) is 0.780. The summed E-state index contributed by atoms with van der Waals surface area (Å²) in [6.45, 7) is 10.6. The summed E-state index contributed by atoms with van der Waals surface area (Å²) in [6, 6.07) is 7.26. The molecular weight excluding hydrogens is 202 g/mol. The van der Waals surface area contributed by atoms with Gasteiger partial charge in [0.1, 0.15) is 0 Å². The molecule has 0 saturated carbocycles. The summed E-state index contributed by atoms with van der Waals surface area (Å²) < 4.78 is 1.01. The molecule has 0 heterocycles. The van der Waals surface area contributed by atoms with Gasteiger partial charge in [0.2, 0.25) is 0 Å². The van der Waals surface area contributed by atoms with E-state index in [-0.39, 0.29) is 0 Å². The molecule has 58 valence electrons. The Hall–Kier alpha value is -0.810. The van der Waals surface area contributed by atoms with Crippen molar-refractivity contribution in [3.63, 3.8) is 0 Å². The van der Waals surface area contributed by atoms with E-state index in [0.717, 1.165) is 4.47 Å². The lowest BCUT2D eigenvalue weighted by molar-refractivity contribution is 1.50. The molecule has 0 bridgehead atoms. The van der Waals surface area contributed by atoms with E-state index in [4.69, 9.17) is 6.57 Å². The largest absolute Gasteiger partial charge is 0.238 e. The molecule has 0 aromatic heterocycles. The third-order valence-electron chi connectivity index (χ3n) is 0.956. The number of halogens is 1. The average Bonchev–Trinajstić information content (AvgIpc) is 2.10. The zero-order valence-corrected chi connectivity index (χ0v) is 8.22. The van der Waals surface area contributed by atoms with Crippen molar-refractivity contribution in [2.24, 2.45) is 0 Å². The topological polar surface area (TPSA) is 4.36 Å². The number of benzene rings is 1. The third-order valence-corrected chi connectivity index (χ3v) is 1.48. The van der Waals surface area contributed by atoms with E-state index in [1.54, 1.807) is 12.1 Å². The monoisotopic (exact) mass is 211 g/mol. The summed E-state index contributed by atoms with van der Waals surface area (Å²) in [4.78, 5) is 3.24. The molecule has 0 aliphatic heterocycles. The molecule has 0 atom stereocenters. The molecule has 1 rings (SSSR count). The van der Waals surface area contributed by atoms with Gasteiger partial charge in [-0.25, -0.2) is 4.85 Å². The van der Waals surface area contributed by atoms with E-state index < -0.39 is 0 Å². The molecule has 0 saturated heterocycles. The summed E-state index contributed by atoms with van der Waals surface area (Å²) >= 11 is 3.27. The minimum absolute atomic E-state index is 0.679. The van der Waals surface area contributed by atoms with Crippen LogP contribution in [0, 0.1) is 6.57 Å². The molecule has 1 nitrogen and oxygen atoms in total. The van der Waals surface area contributed by atoms with Crippen molar-refractivity contribution in [2.45, 2.75) is 13.8 Å². The molecular formula is C9H10BrN. The van der Waals surface area contributed by atoms with Crippen LogP contribution in [0.15, 0.2) is 28.7 Å². The molecule has 2 heteroatoms. The summed E-state index contributed by atoms with van der Waals surface area (Å²) in [7, 11) is 0. The SMILES string of the molecule is CC.[C-]#[N+]c1ccc(Br)cc1. The van der Waals surface area contributed by atoms with Crippen LogP contribution in [0.4, 0.5) is 5.69 Å². The summed E-state index contributed by atoms with van der Waals surface area (Å²) in [5.41, 5.74) is 0.679. The first-order valence-corrected chi connectivity index (χ1v) is 4.25. The van der Waals surface area contributed by atoms with Crippen LogP contribution in [0.2, 0.25) is 0 Å². The quantitative estimate of drug-likeness (QED) is 0.572. The average molecular weight is 212 g/mol. The molecule has 1 aromatic carbocycles. The predicted molar refractivity (Wildman–Crippen MR) is 51.8 cm³/mol. The van der Waals surface area contributed by atoms with Crippen LogP contribution < -0.4 is 0 Å². The van der Waals surface area contributed by atoms with Crippen molar-refractivity contribution in [1.82, 2.24) is 0 Å². The van der Waals surface area contributed by atoms with Gasteiger partial charge in [0.15, 0.2) is 5.69 Å². The lowest BCUT2D eigenvalue weighted by atomic mass is 10.3. The van der Waals surface area contributed by atoms with Gasteiger partial charge >= 0.3 is 0 Å². The molecule has 0 spiro atoms. The van der Waals surface area contributed by atoms with Gasteiger partial charge < -0.3 is 0 Å². The van der Waals surface area contributed by atoms with E-state index in [0.29, 0.717) is 5.69 Å². The number of hydrogen-bond acceptors (Lipinski definition) is 0. The zero-order chi connectivity index (χ0) is 8.69. The number of nitrogens with zero attached hydrogens (tertiary/aromatic N) is 1. The van der Waals surface area contributed by atoms with Gasteiger partial charge in [-0.3, -0.25) is 0 Å². The first-order chi connectivity index (χ1) is 5.33. The van der Waals surface area contributed by atoms with Gasteiger partial charge in [-0.1, -0.05) is 54.0 Å². The Morgan fingerprint density at radius 2 is 1.64 bits per heavy atom. The molecule has 11 heavy (non-hydrogen) atoms. The normalized spacial score (nSPS) is 7.45. The predicted octanol–water partition coefficient (Wildman–Crippen LogP) is 4.03. The highest BCUT2D eigenvalue weighted by atomic mass is 79.9. The van der Waals surface area contributed by atoms with E-state index in [9.17, 15) is 0 Å². The first kappa shape index (κ1) is 10.2. The molecule has 0 radical (unpaired) electrons. The van der Waals surface area contributed by atoms with Crippen LogP contribution in [0.25, 0.3) is 4.85 Å². The van der Waals surface area contributed by atoms with Crippen LogP contribution >= 0.6 is 15.9 Å². The second-order valence-electron chi connectivity index (χ2n) is 1.59. The van der Waals surface area contributed by atoms with Crippen molar-refractivity contribution in [1.29, 1.82) is 0 Å². The van der Waals surface area contributed by atoms with Crippen LogP contribution in [0.5, 0.6) is 0 Å². The van der Waals surface area contributed by atoms with Gasteiger partial charge in [-0.05, 0) is 0 Å². The molecule has 0 aliphatic rings. The second-order valence-corrected chi connectivity index (χ2v) is 2.50. The van der Waals surface area contributed by atoms with Crippen molar-refractivity contribution < 1.29 is 0 Å². The summed E-state index contributed by atoms with van der Waals surface area (Å²) in [6.07, 6.45) is 0. The number of hydrogen-bond donors (Lipinski definition) is 0. The zero-order valence-electron chi connectivity index (χ0n) is 6.63. The molecule has 0 amide bonds. The van der Waals surface area contributed by atoms with Crippen molar-refractivity contribution in [3.05, 3.63) is 40.2 Å². The molecule has 0 unspecified atom stereocenters. The Morgan fingerprint density at radius 1 is 1.18 bits per heavy atom. The van der Waals surface area contributed by atoms with E-state index >= 15 is 0 Å². The van der Waals surface area contributed by atoms with Gasteiger partial charge in [0, 0.05) is 4.47 Å². The Bertz CT molecular complexity index is 233. The standard InChI is InChI=1S/C7H4BrN.C2H6/c1-9-7-4-2-6(8)3-5-7;1-2/h2-5H;1-2H3. The third kappa shape index (κ3) is 3.79. The van der Waals surface area contributed by atoms with Crippen LogP contribution in [0.1, 0.15) is 13.8 Å². The maximum atomic E-state index is 6.62. The van der Waals surface area contributed by atoms with Crippen LogP contribution in [-0.2, 0) is 0 Å². The maximum absolute atomic E-state index is 6.62. The summed E-state index contributed by atoms with van der Waals surface area (Å²) in [5.74, 6) is 0. The van der Waals surface area contributed by atoms with Gasteiger partial charge in [-0.15, -0.1) is 0 Å². The Labute approximate surface area is 76.0 Å². The molecule has 0 fully saturated rings. The fraction of sp³-hybridized carbons (Fsp3) is 0.222. The van der Waals surface area contributed by atoms with Crippen LogP contribution in [0.3, 0.4) is 0 Å². The first-order valence-electron chi connectivity index (χ1n) is 3.46. The van der Waals surface area contributed by atoms with Crippen molar-refractivity contribution in [3.8, 4) is 0 Å². The van der Waals surface area contributed by atoms with E-state index in [1.165, 1.54) is 0 Å². The van der Waals surface area contributed by atoms with Gasteiger partial charge in [0.25, 0.3) is 0 Å². The highest BCUT2D eigenvalue weighted by Gasteiger charge is 1.86. The van der Waals surface area contributed by atoms with Crippen molar-refractivity contribution in [2.75, 3.05) is 0 Å². The molecule has 0 aliphatic carbocycles. The van der Waals surface area contributed by atoms with Crippen molar-refractivity contribution >= 4 is 21.6 Å². The minimum Gasteiger partial charge on any atom is -0.238 e. The highest BCUT2D eigenvalue weighted by molar-refractivity contribution is 9.10. The maximum Gasteiger partial charge on any atom is 0.187 e. The van der Waals surface area contributed by atoms with Gasteiger partial charge in [0.05, 0.1) is 6.57 Å². The lowest BCUT2D eigenvalue weighted by Gasteiger charge is -1.86. The fourth-order valence-electron chi connectivity index (χ4n) is 0.516. The molecule has 0 N–H and O–H groups in total. The minimum atomic E-state index is 0.679. The molecule has 1 aromatic rings. The Kier molecular flexibility index (Phi) is 5.50. The Morgan fingerprint density at radius 3 is 2.00 bits per heavy atom. The Balaban J connectivity index is 0.000000461. The highest BCUT2D eigenvalue weighted by Crippen LogP contribution is 2.15. The summed E-state index contributed by atoms with van der Waals surface area (Å²) in [5, 5.41) is 0. The lowest BCUT2D eigenvalue weighted by Crippen LogP contribution is -1.59. The smallest absolute Gasteiger partial charge is 0.187 e. The second kappa shape index (κ2) is 5.94. The number of rotatable bonds is 0. The van der Waals surface area contributed by atoms with E-state index in [1.807, 2.05) is 26.0 Å². The van der Waals surface area contributed by atoms with E-state index in [2.05, 4.69) is 20.8 Å². The van der Waals surface area contributed by atoms with Crippen LogP contribution in [-0.4, -0.2) is 0 Å².